The lowest BCUT2D eigenvalue weighted by Gasteiger charge is -2.40. The molecule has 1 amide bonds. The Hall–Kier alpha value is -3.82. The molecule has 10 heteroatoms. The van der Waals surface area contributed by atoms with E-state index in [0.717, 1.165) is 12.8 Å². The molecular weight excluding hydrogens is 442 g/mol. The standard InChI is InChI=1S/C24H24F2N6O2/c1-14-4-3-11-31(20(14)13-27-24-30-19-8-5-16(25)12-21(19)34-24)23(33)17-6-7-18(26)15(2)22(17)32-28-9-10-29-32/h5-10,12,14,20H,3-4,11,13H2,1-2H3,(H,27,30). The molecule has 2 atom stereocenters. The fraction of sp³-hybridized carbons (Fsp3) is 0.333. The van der Waals surface area contributed by atoms with Crippen molar-refractivity contribution in [1.29, 1.82) is 0 Å². The molecule has 2 unspecified atom stereocenters. The number of anilines is 1. The van der Waals surface area contributed by atoms with E-state index >= 15 is 0 Å². The molecule has 0 radical (unpaired) electrons. The zero-order chi connectivity index (χ0) is 23.8. The van der Waals surface area contributed by atoms with Gasteiger partial charge in [0.2, 0.25) is 0 Å². The Morgan fingerprint density at radius 2 is 2.00 bits per heavy atom. The molecule has 8 nitrogen and oxygen atoms in total. The van der Waals surface area contributed by atoms with Crippen molar-refractivity contribution in [3.05, 3.63) is 65.5 Å². The van der Waals surface area contributed by atoms with Gasteiger partial charge in [-0.25, -0.2) is 8.78 Å². The Bertz CT molecular complexity index is 1340. The van der Waals surface area contributed by atoms with Gasteiger partial charge in [-0.1, -0.05) is 6.92 Å². The zero-order valence-electron chi connectivity index (χ0n) is 18.8. The van der Waals surface area contributed by atoms with Gasteiger partial charge in [0.1, 0.15) is 22.8 Å². The van der Waals surface area contributed by atoms with Crippen molar-refractivity contribution >= 4 is 23.0 Å². The Morgan fingerprint density at radius 1 is 1.21 bits per heavy atom. The van der Waals surface area contributed by atoms with E-state index in [-0.39, 0.29) is 23.9 Å². The number of hydrogen-bond acceptors (Lipinski definition) is 6. The van der Waals surface area contributed by atoms with Crippen LogP contribution in [0, 0.1) is 24.5 Å². The number of nitrogens with one attached hydrogen (secondary N) is 1. The number of amides is 1. The molecule has 4 aromatic rings. The second kappa shape index (κ2) is 8.85. The van der Waals surface area contributed by atoms with E-state index in [1.54, 1.807) is 13.0 Å². The highest BCUT2D eigenvalue weighted by Crippen LogP contribution is 2.29. The van der Waals surface area contributed by atoms with Gasteiger partial charge in [-0.3, -0.25) is 4.79 Å². The molecule has 5 rings (SSSR count). The molecule has 1 aliphatic rings. The molecule has 1 aliphatic heterocycles. The monoisotopic (exact) mass is 466 g/mol. The summed E-state index contributed by atoms with van der Waals surface area (Å²) in [5.41, 5.74) is 1.88. The second-order valence-corrected chi connectivity index (χ2v) is 8.58. The number of carbonyl (C=O) groups is 1. The van der Waals surface area contributed by atoms with Crippen LogP contribution < -0.4 is 5.32 Å². The van der Waals surface area contributed by atoms with Crippen LogP contribution in [0.5, 0.6) is 0 Å². The topological polar surface area (TPSA) is 89.1 Å². The summed E-state index contributed by atoms with van der Waals surface area (Å²) in [7, 11) is 0. The van der Waals surface area contributed by atoms with Crippen LogP contribution in [-0.4, -0.2) is 49.9 Å². The third kappa shape index (κ3) is 4.00. The van der Waals surface area contributed by atoms with Crippen LogP contribution in [0.1, 0.15) is 35.7 Å². The first kappa shape index (κ1) is 22.0. The Labute approximate surface area is 194 Å². The van der Waals surface area contributed by atoms with Crippen molar-refractivity contribution in [3.8, 4) is 5.69 Å². The number of hydrogen-bond donors (Lipinski definition) is 1. The van der Waals surface area contributed by atoms with Gasteiger partial charge >= 0.3 is 0 Å². The van der Waals surface area contributed by atoms with Crippen molar-refractivity contribution < 1.29 is 18.0 Å². The lowest BCUT2D eigenvalue weighted by Crippen LogP contribution is -2.51. The van der Waals surface area contributed by atoms with E-state index in [4.69, 9.17) is 4.42 Å². The maximum absolute atomic E-state index is 14.4. The zero-order valence-corrected chi connectivity index (χ0v) is 18.8. The van der Waals surface area contributed by atoms with E-state index < -0.39 is 11.6 Å². The van der Waals surface area contributed by atoms with Gasteiger partial charge in [0.15, 0.2) is 5.58 Å². The maximum atomic E-state index is 14.4. The van der Waals surface area contributed by atoms with Crippen LogP contribution in [0.4, 0.5) is 14.8 Å². The second-order valence-electron chi connectivity index (χ2n) is 8.58. The summed E-state index contributed by atoms with van der Waals surface area (Å²) in [4.78, 5) is 21.2. The van der Waals surface area contributed by atoms with Crippen molar-refractivity contribution in [3.63, 3.8) is 0 Å². The Kier molecular flexibility index (Phi) is 5.72. The van der Waals surface area contributed by atoms with Gasteiger partial charge in [0, 0.05) is 24.7 Å². The van der Waals surface area contributed by atoms with Crippen LogP contribution in [0.25, 0.3) is 16.8 Å². The fourth-order valence-electron chi connectivity index (χ4n) is 4.57. The summed E-state index contributed by atoms with van der Waals surface area (Å²) in [5, 5.41) is 11.4. The molecule has 3 heterocycles. The molecule has 1 fully saturated rings. The summed E-state index contributed by atoms with van der Waals surface area (Å²) in [5.74, 6) is -0.834. The largest absolute Gasteiger partial charge is 0.423 e. The first-order valence-electron chi connectivity index (χ1n) is 11.2. The van der Waals surface area contributed by atoms with Crippen molar-refractivity contribution in [2.45, 2.75) is 32.7 Å². The highest BCUT2D eigenvalue weighted by molar-refractivity contribution is 5.98. The van der Waals surface area contributed by atoms with Gasteiger partial charge in [-0.15, -0.1) is 0 Å². The number of fused-ring (bicyclic) bond motifs is 1. The number of oxazole rings is 1. The molecule has 176 valence electrons. The molecule has 1 N–H and O–H groups in total. The van der Waals surface area contributed by atoms with Gasteiger partial charge < -0.3 is 14.6 Å². The van der Waals surface area contributed by atoms with E-state index in [9.17, 15) is 13.6 Å². The number of aromatic nitrogens is 4. The van der Waals surface area contributed by atoms with E-state index in [2.05, 4.69) is 27.4 Å². The van der Waals surface area contributed by atoms with Crippen LogP contribution in [-0.2, 0) is 0 Å². The number of benzene rings is 2. The lowest BCUT2D eigenvalue weighted by atomic mass is 9.89. The van der Waals surface area contributed by atoms with Gasteiger partial charge in [-0.05, 0) is 49.9 Å². The minimum Gasteiger partial charge on any atom is -0.423 e. The third-order valence-electron chi connectivity index (χ3n) is 6.40. The number of halogens is 2. The molecule has 2 aromatic carbocycles. The molecule has 0 spiro atoms. The van der Waals surface area contributed by atoms with Crippen LogP contribution in [0.2, 0.25) is 0 Å². The summed E-state index contributed by atoms with van der Waals surface area (Å²) in [6, 6.07) is 7.07. The number of likely N-dealkylation sites (tertiary alicyclic amines) is 1. The summed E-state index contributed by atoms with van der Waals surface area (Å²) < 4.78 is 33.5. The number of piperidine rings is 1. The van der Waals surface area contributed by atoms with Crippen molar-refractivity contribution in [1.82, 2.24) is 24.9 Å². The normalized spacial score (nSPS) is 18.4. The summed E-state index contributed by atoms with van der Waals surface area (Å²) >= 11 is 0. The molecule has 2 aromatic heterocycles. The van der Waals surface area contributed by atoms with Crippen LogP contribution in [0.15, 0.2) is 47.1 Å². The Balaban J connectivity index is 1.43. The van der Waals surface area contributed by atoms with E-state index in [1.807, 2.05) is 4.90 Å². The minimum atomic E-state index is -0.429. The smallest absolute Gasteiger partial charge is 0.295 e. The predicted molar refractivity (Wildman–Crippen MR) is 122 cm³/mol. The van der Waals surface area contributed by atoms with Crippen molar-refractivity contribution in [2.24, 2.45) is 5.92 Å². The molecule has 34 heavy (non-hydrogen) atoms. The predicted octanol–water partition coefficient (Wildman–Crippen LogP) is 4.35. The molecule has 1 saturated heterocycles. The molecule has 0 aliphatic carbocycles. The first-order chi connectivity index (χ1) is 16.4. The average molecular weight is 466 g/mol. The molecule has 0 saturated carbocycles. The third-order valence-corrected chi connectivity index (χ3v) is 6.40. The SMILES string of the molecule is Cc1c(F)ccc(C(=O)N2CCCC(C)C2CNc2nc3ccc(F)cc3o2)c1-n1nccn1. The number of carbonyl (C=O) groups excluding carboxylic acids is 1. The first-order valence-corrected chi connectivity index (χ1v) is 11.2. The van der Waals surface area contributed by atoms with Crippen LogP contribution >= 0.6 is 0 Å². The van der Waals surface area contributed by atoms with Crippen LogP contribution in [0.3, 0.4) is 0 Å². The lowest BCUT2D eigenvalue weighted by molar-refractivity contribution is 0.0538. The van der Waals surface area contributed by atoms with E-state index in [1.165, 1.54) is 41.5 Å². The Morgan fingerprint density at radius 3 is 2.79 bits per heavy atom. The van der Waals surface area contributed by atoms with Crippen molar-refractivity contribution in [2.75, 3.05) is 18.4 Å². The van der Waals surface area contributed by atoms with E-state index in [0.29, 0.717) is 41.0 Å². The molecule has 0 bridgehead atoms. The summed E-state index contributed by atoms with van der Waals surface area (Å²) in [6.07, 6.45) is 4.80. The number of nitrogens with zero attached hydrogens (tertiary/aromatic N) is 5. The minimum absolute atomic E-state index is 0.156. The van der Waals surface area contributed by atoms with Gasteiger partial charge in [-0.2, -0.15) is 20.0 Å². The highest BCUT2D eigenvalue weighted by Gasteiger charge is 2.34. The fourth-order valence-corrected chi connectivity index (χ4v) is 4.57. The quantitative estimate of drug-likeness (QED) is 0.471. The van der Waals surface area contributed by atoms with Gasteiger partial charge in [0.05, 0.1) is 24.0 Å². The van der Waals surface area contributed by atoms with Gasteiger partial charge in [0.25, 0.3) is 11.9 Å². The molecular formula is C24H24F2N6O2. The summed E-state index contributed by atoms with van der Waals surface area (Å²) in [6.45, 7) is 4.67. The average Bonchev–Trinajstić information content (AvgIpc) is 3.49. The number of rotatable bonds is 5. The highest BCUT2D eigenvalue weighted by atomic mass is 19.1. The maximum Gasteiger partial charge on any atom is 0.295 e.